The van der Waals surface area contributed by atoms with Gasteiger partial charge in [0.15, 0.2) is 0 Å². The second-order valence-electron chi connectivity index (χ2n) is 8.09. The number of hydrogen-bond donors (Lipinski definition) is 3. The Labute approximate surface area is 199 Å². The summed E-state index contributed by atoms with van der Waals surface area (Å²) in [6.07, 6.45) is 0.194. The van der Waals surface area contributed by atoms with E-state index in [0.717, 1.165) is 10.0 Å². The van der Waals surface area contributed by atoms with Gasteiger partial charge in [0.2, 0.25) is 11.8 Å². The minimum atomic E-state index is -1.61. The molecule has 1 aromatic carbocycles. The average Bonchev–Trinajstić information content (AvgIpc) is 2.96. The Morgan fingerprint density at radius 3 is 2.54 bits per heavy atom. The van der Waals surface area contributed by atoms with Crippen molar-refractivity contribution in [3.63, 3.8) is 0 Å². The summed E-state index contributed by atoms with van der Waals surface area (Å²) >= 11 is 0. The number of hydrazine groups is 1. The van der Waals surface area contributed by atoms with Crippen LogP contribution in [0.15, 0.2) is 30.3 Å². The van der Waals surface area contributed by atoms with Gasteiger partial charge in [0.1, 0.15) is 18.1 Å². The summed E-state index contributed by atoms with van der Waals surface area (Å²) < 4.78 is 0. The number of carbonyl (C=O) groups is 6. The minimum absolute atomic E-state index is 0.0311. The molecule has 3 N–H and O–H groups in total. The van der Waals surface area contributed by atoms with Crippen LogP contribution < -0.4 is 15.7 Å². The van der Waals surface area contributed by atoms with Crippen LogP contribution in [-0.2, 0) is 24.0 Å². The number of nitrogens with one attached hydrogen (secondary N) is 3. The van der Waals surface area contributed by atoms with Gasteiger partial charge in [0.05, 0.1) is 10.3 Å². The molecule has 1 aromatic rings. The first-order valence-corrected chi connectivity index (χ1v) is 11.0. The zero-order valence-corrected chi connectivity index (χ0v) is 18.6. The standard InChI is InChI=1S/C22H24N6O7/c23-24-12-17(29)15(11-19(31)32)26-21(34)16-7-4-10-27-18(30)9-8-14(22(35)28(16)27)25-20(33)13-5-2-1-3-6-13/h1-3,5-6,12,14-16,23H,4,7-11H2,(H2-,25,26,31,32,33,34). The van der Waals surface area contributed by atoms with Gasteiger partial charge in [-0.15, -0.1) is 0 Å². The normalized spacial score (nSPS) is 20.6. The molecule has 0 spiro atoms. The molecule has 4 amide bonds. The van der Waals surface area contributed by atoms with Crippen molar-refractivity contribution >= 4 is 41.6 Å². The second kappa shape index (κ2) is 11.2. The lowest BCUT2D eigenvalue weighted by atomic mass is 10.0. The van der Waals surface area contributed by atoms with Crippen LogP contribution in [0, 0.1) is 5.53 Å². The molecule has 0 aromatic heterocycles. The van der Waals surface area contributed by atoms with E-state index in [1.165, 1.54) is 0 Å². The molecular formula is C22H24N6O7. The number of amides is 4. The fraction of sp³-hybridized carbons (Fsp3) is 0.409. The predicted octanol–water partition coefficient (Wildman–Crippen LogP) is -2.18. The van der Waals surface area contributed by atoms with E-state index < -0.39 is 59.9 Å². The van der Waals surface area contributed by atoms with Crippen molar-refractivity contribution < 1.29 is 38.7 Å². The molecule has 3 atom stereocenters. The highest BCUT2D eigenvalue weighted by Crippen LogP contribution is 2.25. The Hall–Kier alpha value is -4.38. The highest BCUT2D eigenvalue weighted by Gasteiger charge is 2.45. The Bertz CT molecular complexity index is 1090. The molecule has 13 nitrogen and oxygen atoms in total. The van der Waals surface area contributed by atoms with E-state index in [9.17, 15) is 33.9 Å². The second-order valence-corrected chi connectivity index (χ2v) is 8.09. The fourth-order valence-corrected chi connectivity index (χ4v) is 4.05. The number of carboxylic acids is 1. The van der Waals surface area contributed by atoms with Crippen molar-refractivity contribution in [1.29, 1.82) is 5.53 Å². The molecule has 0 aliphatic carbocycles. The third-order valence-corrected chi connectivity index (χ3v) is 5.73. The van der Waals surface area contributed by atoms with Crippen molar-refractivity contribution in [1.82, 2.24) is 20.7 Å². The van der Waals surface area contributed by atoms with E-state index in [0.29, 0.717) is 18.2 Å². The largest absolute Gasteiger partial charge is 0.550 e. The van der Waals surface area contributed by atoms with Crippen LogP contribution in [0.4, 0.5) is 0 Å². The molecule has 3 rings (SSSR count). The summed E-state index contributed by atoms with van der Waals surface area (Å²) in [5, 5.41) is 18.1. The molecule has 2 fully saturated rings. The number of aliphatic carboxylic acids is 1. The van der Waals surface area contributed by atoms with Crippen LogP contribution in [0.2, 0.25) is 0 Å². The van der Waals surface area contributed by atoms with E-state index in [1.807, 2.05) is 0 Å². The molecule has 2 saturated heterocycles. The lowest BCUT2D eigenvalue weighted by Crippen LogP contribution is -2.64. The number of nitrogens with zero attached hydrogens (tertiary/aromatic N) is 3. The zero-order chi connectivity index (χ0) is 25.5. The Morgan fingerprint density at radius 2 is 1.89 bits per heavy atom. The van der Waals surface area contributed by atoms with E-state index in [1.54, 1.807) is 30.3 Å². The smallest absolute Gasteiger partial charge is 0.374 e. The van der Waals surface area contributed by atoms with Gasteiger partial charge >= 0.3 is 6.21 Å². The summed E-state index contributed by atoms with van der Waals surface area (Å²) in [6.45, 7) is 0.181. The monoisotopic (exact) mass is 484 g/mol. The van der Waals surface area contributed by atoms with Crippen LogP contribution in [0.3, 0.4) is 0 Å². The molecule has 35 heavy (non-hydrogen) atoms. The maximum absolute atomic E-state index is 13.4. The third kappa shape index (κ3) is 5.95. The number of carbonyl (C=O) groups excluding carboxylic acids is 6. The highest BCUT2D eigenvalue weighted by atomic mass is 16.4. The van der Waals surface area contributed by atoms with E-state index in [4.69, 9.17) is 5.53 Å². The van der Waals surface area contributed by atoms with Gasteiger partial charge < -0.3 is 20.5 Å². The molecule has 2 aliphatic rings. The van der Waals surface area contributed by atoms with Gasteiger partial charge in [0, 0.05) is 30.9 Å². The highest BCUT2D eigenvalue weighted by molar-refractivity contribution is 6.28. The van der Waals surface area contributed by atoms with Gasteiger partial charge in [0.25, 0.3) is 17.6 Å². The Kier molecular flexibility index (Phi) is 8.05. The molecule has 0 bridgehead atoms. The van der Waals surface area contributed by atoms with Gasteiger partial charge in [-0.05, 0) is 31.4 Å². The van der Waals surface area contributed by atoms with Crippen LogP contribution in [-0.4, -0.2) is 81.1 Å². The summed E-state index contributed by atoms with van der Waals surface area (Å²) in [4.78, 5) is 77.8. The summed E-state index contributed by atoms with van der Waals surface area (Å²) in [5.74, 6) is -5.00. The molecular weight excluding hydrogens is 460 g/mol. The SMILES string of the molecule is N=[N+]=CC(=O)C(CC(=O)[O-])NC(=O)C1CCCN2C(=O)CCC(NC(=O)c3ccccc3)C(=O)N12. The lowest BCUT2D eigenvalue weighted by Gasteiger charge is -2.43. The van der Waals surface area contributed by atoms with Gasteiger partial charge in [-0.25, -0.2) is 5.01 Å². The van der Waals surface area contributed by atoms with Crippen molar-refractivity contribution in [3.8, 4) is 0 Å². The average molecular weight is 484 g/mol. The number of fused-ring (bicyclic) bond motifs is 1. The number of carboxylic acid groups (broad SMARTS) is 1. The molecule has 184 valence electrons. The minimum Gasteiger partial charge on any atom is -0.550 e. The number of ketones is 1. The fourth-order valence-electron chi connectivity index (χ4n) is 4.05. The predicted molar refractivity (Wildman–Crippen MR) is 114 cm³/mol. The molecule has 0 saturated carbocycles. The Balaban J connectivity index is 1.84. The topological polar surface area (TPSA) is 194 Å². The van der Waals surface area contributed by atoms with Gasteiger partial charge in [-0.1, -0.05) is 18.2 Å². The summed E-state index contributed by atoms with van der Waals surface area (Å²) in [6, 6.07) is 4.32. The number of rotatable bonds is 8. The zero-order valence-electron chi connectivity index (χ0n) is 18.6. The first-order chi connectivity index (χ1) is 16.7. The molecule has 3 unspecified atom stereocenters. The van der Waals surface area contributed by atoms with Crippen molar-refractivity contribution in [3.05, 3.63) is 35.9 Å². The lowest BCUT2D eigenvalue weighted by molar-refractivity contribution is -0.306. The maximum atomic E-state index is 13.4. The number of benzene rings is 1. The van der Waals surface area contributed by atoms with E-state index >= 15 is 0 Å². The van der Waals surface area contributed by atoms with Gasteiger partial charge in [-0.2, -0.15) is 0 Å². The van der Waals surface area contributed by atoms with Crippen LogP contribution in [0.25, 0.3) is 0 Å². The first kappa shape index (κ1) is 25.2. The molecule has 0 radical (unpaired) electrons. The summed E-state index contributed by atoms with van der Waals surface area (Å²) in [5.41, 5.74) is 7.08. The van der Waals surface area contributed by atoms with Crippen LogP contribution in [0.5, 0.6) is 0 Å². The van der Waals surface area contributed by atoms with Gasteiger partial charge in [-0.3, -0.25) is 29.0 Å². The summed E-state index contributed by atoms with van der Waals surface area (Å²) in [7, 11) is 0. The first-order valence-electron chi connectivity index (χ1n) is 11.0. The molecule has 2 heterocycles. The van der Waals surface area contributed by atoms with Crippen molar-refractivity contribution in [2.75, 3.05) is 6.54 Å². The van der Waals surface area contributed by atoms with E-state index in [-0.39, 0.29) is 25.8 Å². The van der Waals surface area contributed by atoms with Crippen LogP contribution in [0.1, 0.15) is 42.5 Å². The van der Waals surface area contributed by atoms with Crippen molar-refractivity contribution in [2.45, 2.75) is 50.2 Å². The Morgan fingerprint density at radius 1 is 1.17 bits per heavy atom. The number of Topliss-reactive ketones (excluding diaryl/α,β-unsaturated/α-hetero) is 1. The molecule has 13 heteroatoms. The molecule has 2 aliphatic heterocycles. The van der Waals surface area contributed by atoms with Crippen molar-refractivity contribution in [2.24, 2.45) is 0 Å². The number of hydrogen-bond acceptors (Lipinski definition) is 8. The van der Waals surface area contributed by atoms with Crippen LogP contribution >= 0.6 is 0 Å². The third-order valence-electron chi connectivity index (χ3n) is 5.73. The quantitative estimate of drug-likeness (QED) is 0.212. The maximum Gasteiger partial charge on any atom is 0.374 e. The van der Waals surface area contributed by atoms with E-state index in [2.05, 4.69) is 15.4 Å².